The van der Waals surface area contributed by atoms with Crippen molar-refractivity contribution in [3.8, 4) is 0 Å². The van der Waals surface area contributed by atoms with Crippen molar-refractivity contribution < 1.29 is 4.79 Å². The van der Waals surface area contributed by atoms with Crippen LogP contribution in [0.5, 0.6) is 0 Å². The molecule has 2 rings (SSSR count). The minimum absolute atomic E-state index is 0.299. The quantitative estimate of drug-likeness (QED) is 0.614. The summed E-state index contributed by atoms with van der Waals surface area (Å²) in [5, 5.41) is 9.93. The Balaban J connectivity index is 2.37. The molecule has 0 saturated heterocycles. The Morgan fingerprint density at radius 1 is 1.55 bits per heavy atom. The van der Waals surface area contributed by atoms with Crippen molar-refractivity contribution in [3.05, 3.63) is 11.4 Å². The third kappa shape index (κ3) is 0.978. The van der Waals surface area contributed by atoms with Gasteiger partial charge in [-0.15, -0.1) is 0 Å². The number of carbonyl (C=O) groups excluding carboxylic acids is 1. The summed E-state index contributed by atoms with van der Waals surface area (Å²) in [4.78, 5) is 10.7. The number of nitrogens with zero attached hydrogens (tertiary/aromatic N) is 2. The van der Waals surface area contributed by atoms with Crippen molar-refractivity contribution in [1.29, 1.82) is 0 Å². The predicted octanol–water partition coefficient (Wildman–Crippen LogP) is -0.219. The Labute approximate surface area is 63.0 Å². The largest absolute Gasteiger partial charge is 0.364 e. The van der Waals surface area contributed by atoms with E-state index in [2.05, 4.69) is 15.4 Å². The Kier molecular flexibility index (Phi) is 1.18. The van der Waals surface area contributed by atoms with Crippen LogP contribution < -0.4 is 5.73 Å². The highest BCUT2D eigenvalue weighted by atomic mass is 16.1. The molecular weight excluding hydrogens is 144 g/mol. The predicted molar refractivity (Wildman–Crippen MR) is 36.9 cm³/mol. The van der Waals surface area contributed by atoms with E-state index in [1.54, 1.807) is 0 Å². The smallest absolute Gasteiger partial charge is 0.271 e. The molecule has 0 aromatic carbocycles. The van der Waals surface area contributed by atoms with Gasteiger partial charge in [0.25, 0.3) is 5.91 Å². The molecule has 1 amide bonds. The molecule has 1 saturated carbocycles. The molecule has 1 aliphatic rings. The summed E-state index contributed by atoms with van der Waals surface area (Å²) in [6.07, 6.45) is 2.18. The van der Waals surface area contributed by atoms with Gasteiger partial charge >= 0.3 is 0 Å². The van der Waals surface area contributed by atoms with Crippen LogP contribution in [0.3, 0.4) is 0 Å². The van der Waals surface area contributed by atoms with Crippen LogP contribution in [0.1, 0.15) is 34.9 Å². The maximum absolute atomic E-state index is 10.7. The van der Waals surface area contributed by atoms with E-state index >= 15 is 0 Å². The standard InChI is InChI=1S/C6H8N4O/c7-6(11)5-4(3-1-2-3)8-10-9-5/h3H,1-2H2,(H2,7,11)(H,8,9,10). The van der Waals surface area contributed by atoms with Gasteiger partial charge in [0.1, 0.15) is 0 Å². The lowest BCUT2D eigenvalue weighted by atomic mass is 10.2. The zero-order valence-corrected chi connectivity index (χ0v) is 5.87. The van der Waals surface area contributed by atoms with E-state index in [1.807, 2.05) is 0 Å². The fourth-order valence-electron chi connectivity index (χ4n) is 1.06. The minimum Gasteiger partial charge on any atom is -0.364 e. The first-order valence-electron chi connectivity index (χ1n) is 3.49. The number of aromatic amines is 1. The number of hydrogen-bond acceptors (Lipinski definition) is 3. The van der Waals surface area contributed by atoms with Crippen molar-refractivity contribution in [2.24, 2.45) is 5.73 Å². The van der Waals surface area contributed by atoms with E-state index in [0.29, 0.717) is 11.6 Å². The molecule has 0 atom stereocenters. The van der Waals surface area contributed by atoms with Gasteiger partial charge in [0.15, 0.2) is 5.69 Å². The Morgan fingerprint density at radius 2 is 2.27 bits per heavy atom. The second-order valence-corrected chi connectivity index (χ2v) is 2.70. The van der Waals surface area contributed by atoms with Gasteiger partial charge in [0.05, 0.1) is 5.69 Å². The van der Waals surface area contributed by atoms with E-state index in [9.17, 15) is 4.79 Å². The summed E-state index contributed by atoms with van der Waals surface area (Å²) in [7, 11) is 0. The van der Waals surface area contributed by atoms with Crippen LogP contribution in [0.4, 0.5) is 0 Å². The molecule has 5 nitrogen and oxygen atoms in total. The molecule has 1 aliphatic carbocycles. The zero-order valence-electron chi connectivity index (χ0n) is 5.87. The average Bonchev–Trinajstić information content (AvgIpc) is 2.68. The fraction of sp³-hybridized carbons (Fsp3) is 0.500. The lowest BCUT2D eigenvalue weighted by Crippen LogP contribution is -2.13. The molecule has 1 heterocycles. The van der Waals surface area contributed by atoms with Gasteiger partial charge in [-0.25, -0.2) is 0 Å². The van der Waals surface area contributed by atoms with Crippen LogP contribution in [0, 0.1) is 0 Å². The average molecular weight is 152 g/mol. The number of amides is 1. The second kappa shape index (κ2) is 2.05. The summed E-state index contributed by atoms with van der Waals surface area (Å²) < 4.78 is 0. The number of nitrogens with one attached hydrogen (secondary N) is 1. The Bertz CT molecular complexity index is 289. The maximum Gasteiger partial charge on any atom is 0.271 e. The number of primary amides is 1. The summed E-state index contributed by atoms with van der Waals surface area (Å²) in [5.74, 6) is -0.0862. The summed E-state index contributed by atoms with van der Waals surface area (Å²) in [5.41, 5.74) is 6.10. The lowest BCUT2D eigenvalue weighted by Gasteiger charge is -1.89. The molecule has 58 valence electrons. The SMILES string of the molecule is NC(=O)c1n[nH]nc1C1CC1. The van der Waals surface area contributed by atoms with Crippen molar-refractivity contribution >= 4 is 5.91 Å². The van der Waals surface area contributed by atoms with Crippen molar-refractivity contribution in [1.82, 2.24) is 15.4 Å². The van der Waals surface area contributed by atoms with E-state index in [0.717, 1.165) is 18.5 Å². The monoisotopic (exact) mass is 152 g/mol. The molecule has 11 heavy (non-hydrogen) atoms. The molecule has 0 radical (unpaired) electrons. The minimum atomic E-state index is -0.499. The lowest BCUT2D eigenvalue weighted by molar-refractivity contribution is 0.0994. The van der Waals surface area contributed by atoms with E-state index in [1.165, 1.54) is 0 Å². The zero-order chi connectivity index (χ0) is 7.84. The summed E-state index contributed by atoms with van der Waals surface area (Å²) >= 11 is 0. The van der Waals surface area contributed by atoms with Crippen LogP contribution in [-0.2, 0) is 0 Å². The van der Waals surface area contributed by atoms with Gasteiger partial charge < -0.3 is 5.73 Å². The number of nitrogens with two attached hydrogens (primary N) is 1. The van der Waals surface area contributed by atoms with Gasteiger partial charge in [-0.1, -0.05) is 0 Å². The van der Waals surface area contributed by atoms with Crippen LogP contribution >= 0.6 is 0 Å². The first kappa shape index (κ1) is 6.33. The molecule has 0 aliphatic heterocycles. The molecule has 0 spiro atoms. The van der Waals surface area contributed by atoms with Crippen molar-refractivity contribution in [3.63, 3.8) is 0 Å². The first-order valence-corrected chi connectivity index (χ1v) is 3.49. The van der Waals surface area contributed by atoms with Crippen LogP contribution in [0.2, 0.25) is 0 Å². The van der Waals surface area contributed by atoms with Gasteiger partial charge in [0.2, 0.25) is 0 Å². The van der Waals surface area contributed by atoms with Crippen LogP contribution in [0.15, 0.2) is 0 Å². The molecule has 0 bridgehead atoms. The number of rotatable bonds is 2. The highest BCUT2D eigenvalue weighted by molar-refractivity contribution is 5.91. The molecule has 3 N–H and O–H groups in total. The van der Waals surface area contributed by atoms with Gasteiger partial charge in [-0.3, -0.25) is 4.79 Å². The molecule has 5 heteroatoms. The summed E-state index contributed by atoms with van der Waals surface area (Å²) in [6, 6.07) is 0. The Hall–Kier alpha value is -1.39. The van der Waals surface area contributed by atoms with Gasteiger partial charge in [0, 0.05) is 5.92 Å². The maximum atomic E-state index is 10.7. The van der Waals surface area contributed by atoms with E-state index in [-0.39, 0.29) is 0 Å². The van der Waals surface area contributed by atoms with Crippen LogP contribution in [-0.4, -0.2) is 21.3 Å². The highest BCUT2D eigenvalue weighted by Crippen LogP contribution is 2.39. The van der Waals surface area contributed by atoms with E-state index in [4.69, 9.17) is 5.73 Å². The van der Waals surface area contributed by atoms with Crippen molar-refractivity contribution in [2.45, 2.75) is 18.8 Å². The second-order valence-electron chi connectivity index (χ2n) is 2.70. The third-order valence-electron chi connectivity index (χ3n) is 1.77. The normalized spacial score (nSPS) is 16.7. The topological polar surface area (TPSA) is 84.7 Å². The number of carbonyl (C=O) groups is 1. The molecule has 1 aromatic rings. The molecule has 0 unspecified atom stereocenters. The number of H-pyrrole nitrogens is 1. The Morgan fingerprint density at radius 3 is 2.82 bits per heavy atom. The first-order chi connectivity index (χ1) is 5.29. The van der Waals surface area contributed by atoms with Gasteiger partial charge in [-0.05, 0) is 12.8 Å². The molecular formula is C6H8N4O. The molecule has 1 fully saturated rings. The number of hydrogen-bond donors (Lipinski definition) is 2. The highest BCUT2D eigenvalue weighted by Gasteiger charge is 2.30. The van der Waals surface area contributed by atoms with Crippen molar-refractivity contribution in [2.75, 3.05) is 0 Å². The summed E-state index contributed by atoms with van der Waals surface area (Å²) in [6.45, 7) is 0. The van der Waals surface area contributed by atoms with Crippen LogP contribution in [0.25, 0.3) is 0 Å². The van der Waals surface area contributed by atoms with E-state index < -0.39 is 5.91 Å². The number of aromatic nitrogens is 3. The molecule has 1 aromatic heterocycles. The fourth-order valence-corrected chi connectivity index (χ4v) is 1.06. The van der Waals surface area contributed by atoms with Gasteiger partial charge in [-0.2, -0.15) is 15.4 Å². The third-order valence-corrected chi connectivity index (χ3v) is 1.77.